The molecule has 7 heterocycles. The lowest BCUT2D eigenvalue weighted by atomic mass is 10.2. The van der Waals surface area contributed by atoms with Crippen LogP contribution in [-0.4, -0.2) is 98.9 Å². The summed E-state index contributed by atoms with van der Waals surface area (Å²) in [5.74, 6) is 5.57. The van der Waals surface area contributed by atoms with Crippen molar-refractivity contribution in [3.63, 3.8) is 0 Å². The second kappa shape index (κ2) is 30.6. The van der Waals surface area contributed by atoms with Crippen LogP contribution >= 0.6 is 11.6 Å². The molecule has 24 heteroatoms. The predicted octanol–water partition coefficient (Wildman–Crippen LogP) is 10.3. The number of amides is 1. The minimum Gasteiger partial charge on any atom is -0.506 e. The average Bonchev–Trinajstić information content (AvgIpc) is 3.79. The molecule has 432 valence electrons. The summed E-state index contributed by atoms with van der Waals surface area (Å²) < 4.78 is 52.9. The van der Waals surface area contributed by atoms with Crippen LogP contribution in [0.25, 0.3) is 22.7 Å². The number of anilines is 2. The monoisotopic (exact) mass is 1160 g/mol. The van der Waals surface area contributed by atoms with Crippen molar-refractivity contribution in [3.8, 4) is 74.8 Å². The Morgan fingerprint density at radius 3 is 1.30 bits per heavy atom. The van der Waals surface area contributed by atoms with E-state index in [0.29, 0.717) is 93.3 Å². The molecule has 23 nitrogen and oxygen atoms in total. The van der Waals surface area contributed by atoms with Crippen LogP contribution in [0.5, 0.6) is 63.2 Å². The van der Waals surface area contributed by atoms with Gasteiger partial charge in [0.2, 0.25) is 5.89 Å². The van der Waals surface area contributed by atoms with Gasteiger partial charge in [-0.15, -0.1) is 0 Å². The summed E-state index contributed by atoms with van der Waals surface area (Å²) in [6.07, 6.45) is 9.40. The van der Waals surface area contributed by atoms with E-state index in [-0.39, 0.29) is 40.9 Å². The Hall–Kier alpha value is -10.9. The zero-order chi connectivity index (χ0) is 59.8. The van der Waals surface area contributed by atoms with Gasteiger partial charge in [-0.05, 0) is 121 Å². The van der Waals surface area contributed by atoms with Gasteiger partial charge in [0.1, 0.15) is 106 Å². The summed E-state index contributed by atoms with van der Waals surface area (Å²) in [6, 6.07) is 35.6. The summed E-state index contributed by atoms with van der Waals surface area (Å²) in [4.78, 5) is 52.1. The molecule has 0 aliphatic rings. The highest BCUT2D eigenvalue weighted by atomic mass is 35.5. The number of pyridine rings is 6. The molecule has 0 aliphatic carbocycles. The van der Waals surface area contributed by atoms with E-state index in [0.717, 1.165) is 11.4 Å². The molecule has 3 aromatic carbocycles. The number of rotatable bonds is 19. The van der Waals surface area contributed by atoms with E-state index < -0.39 is 11.1 Å². The van der Waals surface area contributed by atoms with Gasteiger partial charge in [-0.3, -0.25) is 24.5 Å². The number of methoxy groups -OCH3 is 6. The second-order valence-corrected chi connectivity index (χ2v) is 17.3. The van der Waals surface area contributed by atoms with E-state index in [4.69, 9.17) is 64.4 Å². The zero-order valence-corrected chi connectivity index (χ0v) is 46.8. The summed E-state index contributed by atoms with van der Waals surface area (Å²) in [5.41, 5.74) is 10.8. The molecule has 0 unspecified atom stereocenters. The topological polar surface area (TPSA) is 299 Å². The molecular weight excluding hydrogens is 1110 g/mol. The first-order valence-corrected chi connectivity index (χ1v) is 25.3. The number of hydrogen-bond acceptors (Lipinski definition) is 22. The molecule has 0 saturated carbocycles. The number of oxazole rings is 1. The van der Waals surface area contributed by atoms with Gasteiger partial charge in [0, 0.05) is 18.2 Å². The fourth-order valence-corrected chi connectivity index (χ4v) is 6.94. The number of hydrogen-bond donors (Lipinski definition) is 4. The molecule has 10 rings (SSSR count). The third kappa shape index (κ3) is 18.0. The Balaban J connectivity index is 0.000000169. The number of carbonyl (C=O) groups is 2. The summed E-state index contributed by atoms with van der Waals surface area (Å²) in [7, 11) is 9.41. The molecule has 0 spiro atoms. The van der Waals surface area contributed by atoms with Crippen molar-refractivity contribution in [1.29, 1.82) is 0 Å². The van der Waals surface area contributed by atoms with Crippen LogP contribution in [0, 0.1) is 0 Å². The molecule has 0 radical (unpaired) electrons. The summed E-state index contributed by atoms with van der Waals surface area (Å²) in [6.45, 7) is 0.899. The van der Waals surface area contributed by atoms with E-state index in [1.807, 2.05) is 48.5 Å². The van der Waals surface area contributed by atoms with Crippen molar-refractivity contribution >= 4 is 45.2 Å². The number of halogens is 1. The molecule has 10 aromatic rings. The SMILES string of the molecule is COc1ccc(C(=O)Cl)nc1.COc1ccc(COc2ccc(O)c(N)c2)nc1.COc1ccc(COc2ccc(O)c(NC(=O)c3ccc(OC)cn3)c2)nc1.COc1ccc(COc2ccc3oc(-c4ccc(OC)cn4)nc3c2)nc1. The number of nitrogens with two attached hydrogens (primary N) is 1. The molecule has 0 fully saturated rings. The zero-order valence-electron chi connectivity index (χ0n) is 46.1. The maximum Gasteiger partial charge on any atom is 0.274 e. The summed E-state index contributed by atoms with van der Waals surface area (Å²) in [5, 5.41) is 21.3. The molecule has 0 atom stereocenters. The van der Waals surface area contributed by atoms with Gasteiger partial charge in [-0.2, -0.15) is 0 Å². The Morgan fingerprint density at radius 2 is 0.881 bits per heavy atom. The first kappa shape index (κ1) is 60.7. The summed E-state index contributed by atoms with van der Waals surface area (Å²) >= 11 is 5.16. The molecule has 5 N–H and O–H groups in total. The first-order valence-electron chi connectivity index (χ1n) is 25.0. The quantitative estimate of drug-likeness (QED) is 0.0332. The maximum absolute atomic E-state index is 12.3. The van der Waals surface area contributed by atoms with Crippen molar-refractivity contribution in [1.82, 2.24) is 34.9 Å². The van der Waals surface area contributed by atoms with E-state index in [2.05, 4.69) is 40.2 Å². The highest BCUT2D eigenvalue weighted by Gasteiger charge is 2.14. The van der Waals surface area contributed by atoms with Crippen molar-refractivity contribution in [3.05, 3.63) is 193 Å². The van der Waals surface area contributed by atoms with E-state index in [1.165, 1.54) is 56.9 Å². The Bertz CT molecular complexity index is 3690. The number of nitrogens with zero attached hydrogens (tertiary/aromatic N) is 7. The minimum absolute atomic E-state index is 0.0462. The molecule has 0 saturated heterocycles. The third-order valence-corrected chi connectivity index (χ3v) is 11.6. The lowest BCUT2D eigenvalue weighted by molar-refractivity contribution is 0.102. The highest BCUT2D eigenvalue weighted by molar-refractivity contribution is 6.67. The van der Waals surface area contributed by atoms with Gasteiger partial charge in [0.05, 0.1) is 108 Å². The van der Waals surface area contributed by atoms with Crippen LogP contribution in [0.4, 0.5) is 11.4 Å². The van der Waals surface area contributed by atoms with Crippen LogP contribution in [0.3, 0.4) is 0 Å². The molecule has 7 aromatic heterocycles. The van der Waals surface area contributed by atoms with Gasteiger partial charge < -0.3 is 68.3 Å². The lowest BCUT2D eigenvalue weighted by Crippen LogP contribution is -2.13. The number of phenols is 2. The highest BCUT2D eigenvalue weighted by Crippen LogP contribution is 2.31. The van der Waals surface area contributed by atoms with Crippen LogP contribution < -0.4 is 53.7 Å². The number of nitrogens with one attached hydrogen (secondary N) is 1. The first-order chi connectivity index (χ1) is 40.8. The fraction of sp³-hybridized carbons (Fsp3) is 0.150. The molecule has 1 amide bonds. The van der Waals surface area contributed by atoms with Gasteiger partial charge in [-0.1, -0.05) is 0 Å². The number of benzene rings is 3. The van der Waals surface area contributed by atoms with E-state index >= 15 is 0 Å². The largest absolute Gasteiger partial charge is 0.506 e. The van der Waals surface area contributed by atoms with Crippen LogP contribution in [0.1, 0.15) is 38.1 Å². The third-order valence-electron chi connectivity index (χ3n) is 11.4. The molecular formula is C60H56ClN9O14. The number of nitrogen functional groups attached to an aromatic ring is 1. The fourth-order valence-electron chi connectivity index (χ4n) is 6.82. The van der Waals surface area contributed by atoms with Gasteiger partial charge in [0.25, 0.3) is 11.1 Å². The van der Waals surface area contributed by atoms with Gasteiger partial charge in [0.15, 0.2) is 5.58 Å². The minimum atomic E-state index is -0.562. The number of carbonyl (C=O) groups excluding carboxylic acids is 2. The maximum atomic E-state index is 12.3. The van der Waals surface area contributed by atoms with Crippen molar-refractivity contribution in [2.45, 2.75) is 19.8 Å². The molecule has 84 heavy (non-hydrogen) atoms. The number of fused-ring (bicyclic) bond motifs is 1. The number of aromatic nitrogens is 7. The van der Waals surface area contributed by atoms with Gasteiger partial charge >= 0.3 is 0 Å². The Kier molecular flexibility index (Phi) is 22.1. The van der Waals surface area contributed by atoms with Crippen LogP contribution in [-0.2, 0) is 19.8 Å². The van der Waals surface area contributed by atoms with Crippen molar-refractivity contribution < 1.29 is 66.9 Å². The van der Waals surface area contributed by atoms with Crippen LogP contribution in [0.15, 0.2) is 169 Å². The average molecular weight is 1160 g/mol. The van der Waals surface area contributed by atoms with Gasteiger partial charge in [-0.25, -0.2) is 19.9 Å². The number of aromatic hydroxyl groups is 2. The van der Waals surface area contributed by atoms with Crippen LogP contribution in [0.2, 0.25) is 0 Å². The standard InChI is InChI=1S/C20H19N3O5.C20H17N3O4.C13H14N2O3.C7H6ClNO2/c1-26-15-4-3-13(21-10-15)12-28-14-6-8-19(24)18(9-14)23-20(25)17-7-5-16(27-2)11-22-17;1-24-15-4-3-13(21-10-15)12-26-14-6-8-19-18(9-14)23-20(27-19)17-7-5-16(25-2)11-22-17;1-17-11-3-2-9(15-7-11)8-18-10-4-5-13(16)12(14)6-10;1-11-5-2-3-6(7(8)10)9-4-5/h3-11,24H,12H2,1-2H3,(H,23,25);3-11H,12H2,1-2H3;2-7,16H,8,14H2,1H3;2-4H,1H3. The lowest BCUT2D eigenvalue weighted by Gasteiger charge is -2.11. The Labute approximate surface area is 486 Å². The normalized spacial score (nSPS) is 10.2. The molecule has 0 bridgehead atoms. The van der Waals surface area contributed by atoms with Crippen molar-refractivity contribution in [2.24, 2.45) is 0 Å². The van der Waals surface area contributed by atoms with E-state index in [9.17, 15) is 19.8 Å². The van der Waals surface area contributed by atoms with E-state index in [1.54, 1.807) is 102 Å². The number of phenolic OH excluding ortho intramolecular Hbond substituents is 2. The Morgan fingerprint density at radius 1 is 0.476 bits per heavy atom. The smallest absolute Gasteiger partial charge is 0.274 e. The van der Waals surface area contributed by atoms with Crippen molar-refractivity contribution in [2.75, 3.05) is 53.7 Å². The number of ether oxygens (including phenoxy) is 9. The predicted molar refractivity (Wildman–Crippen MR) is 309 cm³/mol. The molecule has 0 aliphatic heterocycles. The second-order valence-electron chi connectivity index (χ2n) is 17.0.